The summed E-state index contributed by atoms with van der Waals surface area (Å²) in [6, 6.07) is 5.93. The third kappa shape index (κ3) is 3.66. The fraction of sp³-hybridized carbons (Fsp3) is 0.500. The fourth-order valence-electron chi connectivity index (χ4n) is 4.89. The topological polar surface area (TPSA) is 82.2 Å². The van der Waals surface area contributed by atoms with Gasteiger partial charge in [0.2, 0.25) is 11.9 Å². The molecule has 32 heavy (non-hydrogen) atoms. The molecule has 2 unspecified atom stereocenters. The van der Waals surface area contributed by atoms with Crippen LogP contribution in [-0.4, -0.2) is 40.4 Å². The van der Waals surface area contributed by atoms with Crippen LogP contribution in [-0.2, 0) is 11.0 Å². The van der Waals surface area contributed by atoms with E-state index >= 15 is 0 Å². The molecule has 10 heteroatoms. The lowest BCUT2D eigenvalue weighted by atomic mass is 9.91. The van der Waals surface area contributed by atoms with Crippen molar-refractivity contribution in [3.63, 3.8) is 0 Å². The number of anilines is 3. The molecule has 0 radical (unpaired) electrons. The van der Waals surface area contributed by atoms with Crippen molar-refractivity contribution < 1.29 is 18.0 Å². The molecular weight excluding hydrogens is 421 g/mol. The van der Waals surface area contributed by atoms with Gasteiger partial charge in [0.05, 0.1) is 18.6 Å². The molecule has 3 N–H and O–H groups in total. The Morgan fingerprint density at radius 3 is 2.56 bits per heavy atom. The first-order chi connectivity index (χ1) is 15.3. The molecule has 3 heterocycles. The highest BCUT2D eigenvalue weighted by Gasteiger charge is 2.46. The number of nitrogens with zero attached hydrogens (tertiary/aromatic N) is 3. The number of hydrogen-bond acceptors (Lipinski definition) is 6. The molecule has 1 aromatic heterocycles. The molecule has 3 aliphatic rings. The zero-order chi connectivity index (χ0) is 22.5. The van der Waals surface area contributed by atoms with Crippen LogP contribution in [0.4, 0.5) is 30.6 Å². The maximum absolute atomic E-state index is 13.4. The zero-order valence-electron chi connectivity index (χ0n) is 17.7. The van der Waals surface area contributed by atoms with Crippen molar-refractivity contribution in [2.75, 3.05) is 24.2 Å². The van der Waals surface area contributed by atoms with E-state index in [0.717, 1.165) is 49.4 Å². The number of rotatable bonds is 6. The minimum Gasteiger partial charge on any atom is -0.367 e. The summed E-state index contributed by atoms with van der Waals surface area (Å²) in [6.45, 7) is 0.294. The molecule has 1 aromatic carbocycles. The van der Waals surface area contributed by atoms with Crippen molar-refractivity contribution in [1.29, 1.82) is 0 Å². The predicted octanol–water partition coefficient (Wildman–Crippen LogP) is 4.14. The number of aromatic nitrogens is 2. The Kier molecular flexibility index (Phi) is 5.19. The van der Waals surface area contributed by atoms with Crippen LogP contribution >= 0.6 is 0 Å². The smallest absolute Gasteiger partial charge is 0.367 e. The Bertz CT molecular complexity index is 1040. The first kappa shape index (κ1) is 21.0. The SMILES string of the molecule is CNCC(=O)N1C2CCC1c1cc(Nc3ncc(C(F)(F)F)c(NC4CCC4)n3)ccc12. The van der Waals surface area contributed by atoms with E-state index in [2.05, 4.69) is 25.9 Å². The van der Waals surface area contributed by atoms with E-state index in [9.17, 15) is 18.0 Å². The van der Waals surface area contributed by atoms with Gasteiger partial charge in [0.1, 0.15) is 11.4 Å². The van der Waals surface area contributed by atoms with Crippen molar-refractivity contribution in [2.24, 2.45) is 0 Å². The second-order valence-electron chi connectivity index (χ2n) is 8.63. The van der Waals surface area contributed by atoms with E-state index in [1.807, 2.05) is 23.1 Å². The molecular formula is C22H25F3N6O. The number of nitrogens with one attached hydrogen (secondary N) is 3. The van der Waals surface area contributed by atoms with E-state index in [-0.39, 0.29) is 35.8 Å². The van der Waals surface area contributed by atoms with E-state index in [1.165, 1.54) is 0 Å². The molecule has 2 fully saturated rings. The summed E-state index contributed by atoms with van der Waals surface area (Å²) in [5, 5.41) is 8.88. The lowest BCUT2D eigenvalue weighted by Gasteiger charge is -2.28. The third-order valence-corrected chi connectivity index (χ3v) is 6.60. The van der Waals surface area contributed by atoms with E-state index < -0.39 is 11.7 Å². The van der Waals surface area contributed by atoms with Crippen molar-refractivity contribution in [2.45, 2.75) is 56.4 Å². The van der Waals surface area contributed by atoms with E-state index in [1.54, 1.807) is 7.05 Å². The Hall–Kier alpha value is -2.88. The number of hydrogen-bond donors (Lipinski definition) is 3. The average Bonchev–Trinajstić information content (AvgIpc) is 3.27. The second kappa shape index (κ2) is 7.91. The van der Waals surface area contributed by atoms with Gasteiger partial charge in [-0.05, 0) is 62.4 Å². The Labute approximate surface area is 183 Å². The molecule has 1 amide bonds. The number of halogens is 3. The van der Waals surface area contributed by atoms with Crippen LogP contribution in [0.15, 0.2) is 24.4 Å². The van der Waals surface area contributed by atoms with Crippen molar-refractivity contribution in [3.05, 3.63) is 41.1 Å². The van der Waals surface area contributed by atoms with Gasteiger partial charge in [-0.1, -0.05) is 6.07 Å². The fourth-order valence-corrected chi connectivity index (χ4v) is 4.89. The molecule has 2 aromatic rings. The van der Waals surface area contributed by atoms with Gasteiger partial charge in [0.15, 0.2) is 0 Å². The van der Waals surface area contributed by atoms with Gasteiger partial charge >= 0.3 is 6.18 Å². The molecule has 170 valence electrons. The summed E-state index contributed by atoms with van der Waals surface area (Å²) in [5.41, 5.74) is 2.04. The zero-order valence-corrected chi connectivity index (χ0v) is 17.7. The minimum absolute atomic E-state index is 0.00975. The highest BCUT2D eigenvalue weighted by molar-refractivity contribution is 5.81. The second-order valence-corrected chi connectivity index (χ2v) is 8.63. The van der Waals surface area contributed by atoms with Crippen LogP contribution in [0.5, 0.6) is 0 Å². The maximum Gasteiger partial charge on any atom is 0.421 e. The van der Waals surface area contributed by atoms with Gasteiger partial charge in [-0.3, -0.25) is 4.79 Å². The molecule has 7 nitrogen and oxygen atoms in total. The standard InChI is InChI=1S/C22H25F3N6O/c1-26-11-19(32)31-17-7-8-18(31)15-9-13(5-6-14(15)17)29-21-27-10-16(22(23,24)25)20(30-21)28-12-3-2-4-12/h5-6,9-10,12,17-18,26H,2-4,7-8,11H2,1H3,(H2,27,28,29,30). The first-order valence-corrected chi connectivity index (χ1v) is 10.9. The Morgan fingerprint density at radius 2 is 1.91 bits per heavy atom. The first-order valence-electron chi connectivity index (χ1n) is 10.9. The van der Waals surface area contributed by atoms with Crippen LogP contribution in [0.25, 0.3) is 0 Å². The lowest BCUT2D eigenvalue weighted by molar-refractivity contribution is -0.137. The van der Waals surface area contributed by atoms with Gasteiger partial charge in [-0.15, -0.1) is 0 Å². The predicted molar refractivity (Wildman–Crippen MR) is 114 cm³/mol. The van der Waals surface area contributed by atoms with Gasteiger partial charge in [-0.25, -0.2) is 4.98 Å². The lowest BCUT2D eigenvalue weighted by Crippen LogP contribution is -2.34. The van der Waals surface area contributed by atoms with Crippen molar-refractivity contribution in [1.82, 2.24) is 20.2 Å². The van der Waals surface area contributed by atoms with Crippen molar-refractivity contribution in [3.8, 4) is 0 Å². The molecule has 1 aliphatic carbocycles. The quantitative estimate of drug-likeness (QED) is 0.619. The number of amides is 1. The number of carbonyl (C=O) groups excluding carboxylic acids is 1. The minimum atomic E-state index is -4.53. The van der Waals surface area contributed by atoms with Crippen LogP contribution in [0.1, 0.15) is 60.9 Å². The molecule has 1 saturated carbocycles. The number of fused-ring (bicyclic) bond motifs is 5. The number of carbonyl (C=O) groups is 1. The van der Waals surface area contributed by atoms with Crippen LogP contribution < -0.4 is 16.0 Å². The van der Waals surface area contributed by atoms with Crippen LogP contribution in [0.2, 0.25) is 0 Å². The number of alkyl halides is 3. The van der Waals surface area contributed by atoms with Crippen molar-refractivity contribution >= 4 is 23.4 Å². The van der Waals surface area contributed by atoms with E-state index in [4.69, 9.17) is 0 Å². The molecule has 5 rings (SSSR count). The molecule has 0 spiro atoms. The van der Waals surface area contributed by atoms with Gasteiger partial charge in [0, 0.05) is 17.9 Å². The van der Waals surface area contributed by atoms with Crippen LogP contribution in [0.3, 0.4) is 0 Å². The number of likely N-dealkylation sites (N-methyl/N-ethyl adjacent to an activating group) is 1. The Morgan fingerprint density at radius 1 is 1.16 bits per heavy atom. The monoisotopic (exact) mass is 446 g/mol. The molecule has 1 saturated heterocycles. The summed E-state index contributed by atoms with van der Waals surface area (Å²) in [6.07, 6.45) is 0.812. The summed E-state index contributed by atoms with van der Waals surface area (Å²) in [5.74, 6) is -0.0155. The molecule has 2 aliphatic heterocycles. The number of benzene rings is 1. The molecule has 2 atom stereocenters. The van der Waals surface area contributed by atoms with Gasteiger partial charge in [-0.2, -0.15) is 18.2 Å². The van der Waals surface area contributed by atoms with Gasteiger partial charge in [0.25, 0.3) is 0 Å². The largest absolute Gasteiger partial charge is 0.421 e. The summed E-state index contributed by atoms with van der Waals surface area (Å²) in [4.78, 5) is 22.5. The summed E-state index contributed by atoms with van der Waals surface area (Å²) < 4.78 is 40.2. The highest BCUT2D eigenvalue weighted by atomic mass is 19.4. The normalized spacial score (nSPS) is 21.9. The highest BCUT2D eigenvalue weighted by Crippen LogP contribution is 2.53. The summed E-state index contributed by atoms with van der Waals surface area (Å²) in [7, 11) is 1.75. The summed E-state index contributed by atoms with van der Waals surface area (Å²) >= 11 is 0. The Balaban J connectivity index is 1.39. The van der Waals surface area contributed by atoms with Crippen LogP contribution in [0, 0.1) is 0 Å². The molecule has 2 bridgehead atoms. The average molecular weight is 446 g/mol. The maximum atomic E-state index is 13.4. The van der Waals surface area contributed by atoms with Gasteiger partial charge < -0.3 is 20.9 Å². The van der Waals surface area contributed by atoms with E-state index in [0.29, 0.717) is 12.2 Å². The third-order valence-electron chi connectivity index (χ3n) is 6.60.